The van der Waals surface area contributed by atoms with Crippen molar-refractivity contribution < 1.29 is 37.0 Å². The number of hydrogen-bond acceptors (Lipinski definition) is 6. The van der Waals surface area contributed by atoms with Crippen LogP contribution in [-0.2, 0) is 4.79 Å². The van der Waals surface area contributed by atoms with E-state index < -0.39 is 41.4 Å². The van der Waals surface area contributed by atoms with Crippen molar-refractivity contribution in [3.63, 3.8) is 0 Å². The second-order valence-corrected chi connectivity index (χ2v) is 11.4. The zero-order valence-electron chi connectivity index (χ0n) is 22.6. The molecule has 3 N–H and O–H groups in total. The molecule has 3 fully saturated rings. The molecule has 2 atom stereocenters. The van der Waals surface area contributed by atoms with Crippen LogP contribution in [0.4, 0.5) is 17.6 Å². The van der Waals surface area contributed by atoms with Gasteiger partial charge in [-0.1, -0.05) is 12.5 Å². The van der Waals surface area contributed by atoms with Crippen LogP contribution in [0.25, 0.3) is 11.1 Å². The molecular weight excluding hydrogens is 544 g/mol. The molecule has 0 bridgehead atoms. The van der Waals surface area contributed by atoms with E-state index in [1.807, 2.05) is 4.90 Å². The molecule has 0 radical (unpaired) electrons. The Morgan fingerprint density at radius 2 is 1.83 bits per heavy atom. The number of rotatable bonds is 8. The summed E-state index contributed by atoms with van der Waals surface area (Å²) in [5.41, 5.74) is 4.52. The number of benzene rings is 1. The fraction of sp³-hybridized carbons (Fsp3) is 0.552. The van der Waals surface area contributed by atoms with Gasteiger partial charge in [0.25, 0.3) is 5.91 Å². The quantitative estimate of drug-likeness (QED) is 0.462. The summed E-state index contributed by atoms with van der Waals surface area (Å²) >= 11 is 0. The highest BCUT2D eigenvalue weighted by Gasteiger charge is 2.58. The van der Waals surface area contributed by atoms with Gasteiger partial charge in [0.2, 0.25) is 11.8 Å². The number of alkyl halides is 3. The van der Waals surface area contributed by atoms with Crippen LogP contribution in [0.15, 0.2) is 36.5 Å². The van der Waals surface area contributed by atoms with Gasteiger partial charge in [0, 0.05) is 42.0 Å². The Labute approximate surface area is 235 Å². The number of likely N-dealkylation sites (tertiary alicyclic amines) is 2. The third kappa shape index (κ3) is 6.04. The lowest BCUT2D eigenvalue weighted by atomic mass is 9.67. The van der Waals surface area contributed by atoms with Gasteiger partial charge in [-0.2, -0.15) is 13.2 Å². The molecule has 5 rings (SSSR count). The van der Waals surface area contributed by atoms with Crippen LogP contribution < -0.4 is 10.5 Å². The number of nitrogens with zero attached hydrogens (tertiary/aromatic N) is 3. The summed E-state index contributed by atoms with van der Waals surface area (Å²) in [4.78, 5) is 31.9. The number of carbonyl (C=O) groups is 2. The van der Waals surface area contributed by atoms with Crippen molar-refractivity contribution in [2.75, 3.05) is 32.8 Å². The van der Waals surface area contributed by atoms with Crippen LogP contribution in [0.1, 0.15) is 48.9 Å². The zero-order valence-corrected chi connectivity index (χ0v) is 22.6. The average Bonchev–Trinajstić information content (AvgIpc) is 3.31. The van der Waals surface area contributed by atoms with Crippen molar-refractivity contribution in [3.8, 4) is 17.0 Å². The molecule has 12 heteroatoms. The monoisotopic (exact) mass is 578 g/mol. The van der Waals surface area contributed by atoms with Crippen LogP contribution in [0.5, 0.6) is 5.88 Å². The third-order valence-electron chi connectivity index (χ3n) is 8.79. The second kappa shape index (κ2) is 11.6. The summed E-state index contributed by atoms with van der Waals surface area (Å²) in [6.45, 7) is 1.83. The molecular formula is C29H34F4N4O4. The van der Waals surface area contributed by atoms with Crippen molar-refractivity contribution in [1.29, 1.82) is 0 Å². The van der Waals surface area contributed by atoms with Gasteiger partial charge in [-0.25, -0.2) is 9.37 Å². The van der Waals surface area contributed by atoms with Gasteiger partial charge in [0.1, 0.15) is 11.9 Å². The van der Waals surface area contributed by atoms with Crippen LogP contribution in [0.2, 0.25) is 0 Å². The van der Waals surface area contributed by atoms with Crippen molar-refractivity contribution in [3.05, 3.63) is 47.9 Å². The molecule has 0 spiro atoms. The highest BCUT2D eigenvalue weighted by Crippen LogP contribution is 2.53. The maximum atomic E-state index is 15.0. The first kappa shape index (κ1) is 29.2. The average molecular weight is 579 g/mol. The number of amides is 2. The largest absolute Gasteiger partial charge is 0.477 e. The lowest BCUT2D eigenvalue weighted by molar-refractivity contribution is -0.256. The van der Waals surface area contributed by atoms with Gasteiger partial charge >= 0.3 is 6.18 Å². The summed E-state index contributed by atoms with van der Waals surface area (Å²) in [5, 5.41) is 9.97. The predicted octanol–water partition coefficient (Wildman–Crippen LogP) is 3.77. The molecule has 1 aliphatic carbocycles. The molecule has 0 unspecified atom stereocenters. The first-order valence-electron chi connectivity index (χ1n) is 13.9. The first-order valence-corrected chi connectivity index (χ1v) is 13.9. The lowest BCUT2D eigenvalue weighted by Crippen LogP contribution is -2.53. The van der Waals surface area contributed by atoms with Gasteiger partial charge in [0.15, 0.2) is 0 Å². The third-order valence-corrected chi connectivity index (χ3v) is 8.79. The minimum absolute atomic E-state index is 0.0341. The fourth-order valence-corrected chi connectivity index (χ4v) is 6.10. The van der Waals surface area contributed by atoms with Crippen LogP contribution in [0, 0.1) is 17.2 Å². The van der Waals surface area contributed by atoms with Crippen molar-refractivity contribution in [2.45, 2.75) is 56.8 Å². The summed E-state index contributed by atoms with van der Waals surface area (Å²) < 4.78 is 61.3. The highest BCUT2D eigenvalue weighted by atomic mass is 19.4. The van der Waals surface area contributed by atoms with Gasteiger partial charge in [0.05, 0.1) is 18.1 Å². The molecule has 1 aromatic heterocycles. The molecule has 3 heterocycles. The second-order valence-electron chi connectivity index (χ2n) is 11.4. The minimum Gasteiger partial charge on any atom is -0.477 e. The Hall–Kier alpha value is -3.25. The molecule has 222 valence electrons. The minimum atomic E-state index is -4.15. The van der Waals surface area contributed by atoms with Gasteiger partial charge in [-0.05, 0) is 69.3 Å². The number of piperidine rings is 1. The van der Waals surface area contributed by atoms with Crippen LogP contribution in [-0.4, -0.2) is 82.8 Å². The summed E-state index contributed by atoms with van der Waals surface area (Å²) in [6, 6.07) is 6.10. The Morgan fingerprint density at radius 1 is 1.10 bits per heavy atom. The molecule has 2 aliphatic heterocycles. The van der Waals surface area contributed by atoms with Crippen LogP contribution in [0.3, 0.4) is 0 Å². The number of nitrogens with two attached hydrogens (primary N) is 1. The number of carbonyl (C=O) groups excluding carboxylic acids is 2. The SMILES string of the molecule is NC(=O)[C@@H]1[C@@H](O)CCN1C(=O)c1ccc(-c2ccc(OCC3CCN(CC4(C(F)(F)F)CCC4)CC3)nc2)c(F)c1. The van der Waals surface area contributed by atoms with Gasteiger partial charge in [-0.15, -0.1) is 0 Å². The van der Waals surface area contributed by atoms with E-state index in [1.54, 1.807) is 12.1 Å². The van der Waals surface area contributed by atoms with Crippen LogP contribution >= 0.6 is 0 Å². The highest BCUT2D eigenvalue weighted by molar-refractivity contribution is 5.98. The van der Waals surface area contributed by atoms with Gasteiger partial charge in [-0.3, -0.25) is 9.59 Å². The predicted molar refractivity (Wildman–Crippen MR) is 141 cm³/mol. The van der Waals surface area contributed by atoms with Crippen molar-refractivity contribution >= 4 is 11.8 Å². The molecule has 2 saturated heterocycles. The number of pyridine rings is 1. The normalized spacial score (nSPS) is 23.3. The van der Waals surface area contributed by atoms with E-state index in [9.17, 15) is 32.3 Å². The zero-order chi connectivity index (χ0) is 29.4. The molecule has 3 aliphatic rings. The number of aliphatic hydroxyl groups is 1. The topological polar surface area (TPSA) is 109 Å². The number of ether oxygens (including phenoxy) is 1. The molecule has 41 heavy (non-hydrogen) atoms. The number of aliphatic hydroxyl groups excluding tert-OH is 1. The van der Waals surface area contributed by atoms with E-state index in [0.29, 0.717) is 37.6 Å². The Balaban J connectivity index is 1.13. The first-order chi connectivity index (χ1) is 19.5. The van der Waals surface area contributed by atoms with E-state index in [2.05, 4.69) is 4.98 Å². The Morgan fingerprint density at radius 3 is 2.39 bits per heavy atom. The summed E-state index contributed by atoms with van der Waals surface area (Å²) in [7, 11) is 0. The number of hydrogen-bond donors (Lipinski definition) is 2. The fourth-order valence-electron chi connectivity index (χ4n) is 6.10. The standard InChI is InChI=1S/C29H34F4N4O4/c30-22-14-19(27(40)37-13-8-23(38)25(37)26(34)39)2-4-21(22)20-3-5-24(35-15-20)41-16-18-6-11-36(12-7-18)17-28(9-1-10-28)29(31,32)33/h2-5,14-15,18,23,25,38H,1,6-13,16-17H2,(H2,34,39)/t23-,25-/m0/s1. The Kier molecular flexibility index (Phi) is 8.24. The summed E-state index contributed by atoms with van der Waals surface area (Å²) in [6.07, 6.45) is -0.964. The van der Waals surface area contributed by atoms with E-state index in [1.165, 1.54) is 18.3 Å². The maximum absolute atomic E-state index is 15.0. The molecule has 8 nitrogen and oxygen atoms in total. The molecule has 2 amide bonds. The van der Waals surface area contributed by atoms with E-state index in [0.717, 1.165) is 23.8 Å². The number of primary amides is 1. The van der Waals surface area contributed by atoms with E-state index >= 15 is 0 Å². The lowest BCUT2D eigenvalue weighted by Gasteiger charge is -2.47. The molecule has 1 aromatic carbocycles. The number of aromatic nitrogens is 1. The maximum Gasteiger partial charge on any atom is 0.395 e. The van der Waals surface area contributed by atoms with E-state index in [4.69, 9.17) is 10.5 Å². The van der Waals surface area contributed by atoms with Crippen molar-refractivity contribution in [2.24, 2.45) is 17.1 Å². The van der Waals surface area contributed by atoms with Crippen molar-refractivity contribution in [1.82, 2.24) is 14.8 Å². The smallest absolute Gasteiger partial charge is 0.395 e. The molecule has 1 saturated carbocycles. The summed E-state index contributed by atoms with van der Waals surface area (Å²) in [5.74, 6) is -1.49. The molecule has 2 aromatic rings. The Bertz CT molecular complexity index is 1260. The van der Waals surface area contributed by atoms with E-state index in [-0.39, 0.29) is 49.4 Å². The van der Waals surface area contributed by atoms with Gasteiger partial charge < -0.3 is 25.4 Å². The number of halogens is 4.